The summed E-state index contributed by atoms with van der Waals surface area (Å²) in [6, 6.07) is 12.9. The van der Waals surface area contributed by atoms with Gasteiger partial charge in [0.15, 0.2) is 11.5 Å². The molecule has 2 aliphatic carbocycles. The van der Waals surface area contributed by atoms with Gasteiger partial charge in [-0.2, -0.15) is 0 Å². The summed E-state index contributed by atoms with van der Waals surface area (Å²) in [5.74, 6) is 2.27. The Morgan fingerprint density at radius 3 is 2.90 bits per heavy atom. The van der Waals surface area contributed by atoms with Gasteiger partial charge < -0.3 is 19.6 Å². The molecule has 1 saturated heterocycles. The number of hydrogen-bond donors (Lipinski definition) is 1. The lowest BCUT2D eigenvalue weighted by Gasteiger charge is -2.60. The smallest absolute Gasteiger partial charge is 0.165 e. The predicted octanol–water partition coefficient (Wildman–Crippen LogP) is 3.06. The third kappa shape index (κ3) is 2.23. The number of nitrogens with zero attached hydrogens (tertiary/aromatic N) is 2. The average molecular weight is 437 g/mol. The first-order valence-electron chi connectivity index (χ1n) is 11.6. The van der Waals surface area contributed by atoms with Crippen LogP contribution in [0.5, 0.6) is 11.5 Å². The maximum Gasteiger partial charge on any atom is 0.165 e. The van der Waals surface area contributed by atoms with Gasteiger partial charge >= 0.3 is 0 Å². The van der Waals surface area contributed by atoms with Gasteiger partial charge in [0.2, 0.25) is 0 Å². The normalized spacial score (nSPS) is 37.7. The van der Waals surface area contributed by atoms with Gasteiger partial charge in [0.25, 0.3) is 0 Å². The maximum atomic E-state index is 12.7. The van der Waals surface area contributed by atoms with Crippen LogP contribution in [0.4, 0.5) is 5.69 Å². The summed E-state index contributed by atoms with van der Waals surface area (Å²) >= 11 is 0. The summed E-state index contributed by atoms with van der Waals surface area (Å²) in [5, 5.41) is 10.8. The average Bonchev–Trinajstić information content (AvgIpc) is 3.14. The number of benzene rings is 2. The van der Waals surface area contributed by atoms with Crippen LogP contribution in [0.1, 0.15) is 30.4 Å². The van der Waals surface area contributed by atoms with Crippen LogP contribution in [-0.4, -0.2) is 58.3 Å². The summed E-state index contributed by atoms with van der Waals surface area (Å²) in [6.07, 6.45) is 4.42. The Balaban J connectivity index is 1.39. The van der Waals surface area contributed by atoms with Crippen molar-refractivity contribution in [3.05, 3.63) is 47.5 Å². The molecule has 2 bridgehead atoms. The molecule has 3 heterocycles. The van der Waals surface area contributed by atoms with E-state index in [1.54, 1.807) is 0 Å². The minimum Gasteiger partial charge on any atom is -0.504 e. The first-order chi connectivity index (χ1) is 15.1. The Bertz CT molecular complexity index is 1120. The molecule has 6 atom stereocenters. The van der Waals surface area contributed by atoms with Crippen LogP contribution in [-0.2, 0) is 22.6 Å². The van der Waals surface area contributed by atoms with Gasteiger partial charge in [-0.05, 0) is 69.0 Å². The lowest BCUT2D eigenvalue weighted by molar-refractivity contribution is -0.0523. The van der Waals surface area contributed by atoms with Crippen LogP contribution in [0, 0.1) is 5.92 Å². The number of aromatic hydroxyl groups is 1. The van der Waals surface area contributed by atoms with Gasteiger partial charge in [-0.25, -0.2) is 0 Å². The van der Waals surface area contributed by atoms with Gasteiger partial charge in [0.1, 0.15) is 6.10 Å². The highest BCUT2D eigenvalue weighted by atomic mass is 32.2. The molecule has 162 valence electrons. The minimum atomic E-state index is -0.930. The lowest BCUT2D eigenvalue weighted by atomic mass is 9.51. The molecule has 31 heavy (non-hydrogen) atoms. The molecule has 2 aromatic carbocycles. The zero-order valence-electron chi connectivity index (χ0n) is 17.8. The number of rotatable bonds is 1. The molecule has 3 aliphatic heterocycles. The van der Waals surface area contributed by atoms with Gasteiger partial charge in [-0.1, -0.05) is 18.2 Å². The number of phenols is 1. The first kappa shape index (κ1) is 18.5. The Morgan fingerprint density at radius 2 is 2.00 bits per heavy atom. The molecule has 1 N–H and O–H groups in total. The van der Waals surface area contributed by atoms with Crippen molar-refractivity contribution in [2.75, 3.05) is 30.8 Å². The number of fused-ring (bicyclic) bond motifs is 1. The second-order valence-electron chi connectivity index (χ2n) is 9.99. The number of hydrogen-bond acceptors (Lipinski definition) is 5. The Hall–Kier alpha value is -2.05. The number of likely N-dealkylation sites (tertiary alicyclic amines) is 1. The van der Waals surface area contributed by atoms with Gasteiger partial charge in [-0.3, -0.25) is 4.21 Å². The molecular weight excluding hydrogens is 408 g/mol. The van der Waals surface area contributed by atoms with Gasteiger partial charge in [-0.15, -0.1) is 0 Å². The SMILES string of the molecule is CN1CC[C@]23c4c5ccc(O)c4O[C@H]2[C@H](N2CCS(=O)c4ccccc42)CC[C@H]3[C@H]1C5. The highest BCUT2D eigenvalue weighted by Gasteiger charge is 2.66. The van der Waals surface area contributed by atoms with Crippen molar-refractivity contribution in [3.8, 4) is 11.5 Å². The topological polar surface area (TPSA) is 53.0 Å². The zero-order chi connectivity index (χ0) is 20.9. The van der Waals surface area contributed by atoms with Crippen LogP contribution in [0.15, 0.2) is 41.3 Å². The molecule has 1 unspecified atom stereocenters. The molecule has 0 amide bonds. The van der Waals surface area contributed by atoms with Crippen LogP contribution in [0.25, 0.3) is 0 Å². The molecule has 5 aliphatic rings. The summed E-state index contributed by atoms with van der Waals surface area (Å²) < 4.78 is 19.5. The second kappa shape index (κ2) is 6.26. The fourth-order valence-electron chi connectivity index (χ4n) is 7.67. The quantitative estimate of drug-likeness (QED) is 0.745. The molecule has 1 spiro atoms. The molecule has 5 nitrogen and oxygen atoms in total. The van der Waals surface area contributed by atoms with E-state index in [0.717, 1.165) is 48.7 Å². The van der Waals surface area contributed by atoms with E-state index < -0.39 is 10.8 Å². The van der Waals surface area contributed by atoms with Crippen molar-refractivity contribution < 1.29 is 14.1 Å². The van der Waals surface area contributed by atoms with E-state index in [2.05, 4.69) is 35.0 Å². The van der Waals surface area contributed by atoms with E-state index in [4.69, 9.17) is 4.74 Å². The van der Waals surface area contributed by atoms with Crippen LogP contribution in [0.2, 0.25) is 0 Å². The van der Waals surface area contributed by atoms with E-state index in [0.29, 0.717) is 17.7 Å². The predicted molar refractivity (Wildman–Crippen MR) is 121 cm³/mol. The number of para-hydroxylation sites is 1. The highest BCUT2D eigenvalue weighted by molar-refractivity contribution is 7.85. The van der Waals surface area contributed by atoms with E-state index >= 15 is 0 Å². The van der Waals surface area contributed by atoms with Gasteiger partial charge in [0, 0.05) is 29.3 Å². The van der Waals surface area contributed by atoms with Crippen molar-refractivity contribution in [1.82, 2.24) is 4.90 Å². The van der Waals surface area contributed by atoms with Crippen molar-refractivity contribution in [2.24, 2.45) is 5.92 Å². The fourth-order valence-corrected chi connectivity index (χ4v) is 8.90. The van der Waals surface area contributed by atoms with E-state index in [1.165, 1.54) is 17.5 Å². The molecule has 0 aromatic heterocycles. The summed E-state index contributed by atoms with van der Waals surface area (Å²) in [5.41, 5.74) is 3.76. The third-order valence-electron chi connectivity index (χ3n) is 8.90. The summed E-state index contributed by atoms with van der Waals surface area (Å²) in [7, 11) is 1.34. The summed E-state index contributed by atoms with van der Waals surface area (Å²) in [6.45, 7) is 1.87. The molecule has 7 rings (SSSR count). The molecule has 0 radical (unpaired) electrons. The minimum absolute atomic E-state index is 0.0205. The zero-order valence-corrected chi connectivity index (χ0v) is 18.6. The van der Waals surface area contributed by atoms with Crippen molar-refractivity contribution in [1.29, 1.82) is 0 Å². The largest absolute Gasteiger partial charge is 0.504 e. The van der Waals surface area contributed by atoms with Crippen molar-refractivity contribution in [2.45, 2.75) is 54.2 Å². The maximum absolute atomic E-state index is 12.7. The van der Waals surface area contributed by atoms with E-state index in [1.807, 2.05) is 18.2 Å². The Kier molecular flexibility index (Phi) is 3.74. The standard InChI is InChI=1S/C25H28N2O3S/c1-26-11-10-25-16-7-8-18(27-12-13-31(29)21-5-3-2-4-17(21)27)24(25)30-23-20(28)9-6-15(22(23)25)14-19(16)26/h2-6,9,16,18-19,24,28H,7-8,10-14H2,1H3/t16-,18+,19+,24-,25-,31?/m0/s1. The monoisotopic (exact) mass is 436 g/mol. The van der Waals surface area contributed by atoms with Crippen molar-refractivity contribution >= 4 is 16.5 Å². The van der Waals surface area contributed by atoms with Crippen LogP contribution >= 0.6 is 0 Å². The van der Waals surface area contributed by atoms with Crippen LogP contribution in [0.3, 0.4) is 0 Å². The number of piperidine rings is 1. The third-order valence-corrected chi connectivity index (χ3v) is 10.3. The van der Waals surface area contributed by atoms with Gasteiger partial charge in [0.05, 0.1) is 27.4 Å². The number of phenolic OH excluding ortho intramolecular Hbond substituents is 1. The highest BCUT2D eigenvalue weighted by Crippen LogP contribution is 2.64. The van der Waals surface area contributed by atoms with E-state index in [-0.39, 0.29) is 23.3 Å². The number of ether oxygens (including phenoxy) is 1. The summed E-state index contributed by atoms with van der Waals surface area (Å²) in [4.78, 5) is 5.99. The fraction of sp³-hybridized carbons (Fsp3) is 0.520. The van der Waals surface area contributed by atoms with Crippen LogP contribution < -0.4 is 9.64 Å². The Morgan fingerprint density at radius 1 is 1.13 bits per heavy atom. The first-order valence-corrected chi connectivity index (χ1v) is 12.9. The number of anilines is 1. The van der Waals surface area contributed by atoms with Crippen molar-refractivity contribution in [3.63, 3.8) is 0 Å². The second-order valence-corrected chi connectivity index (χ2v) is 11.5. The molecule has 6 heteroatoms. The number of likely N-dealkylation sites (N-methyl/N-ethyl adjacent to an activating group) is 1. The lowest BCUT2D eigenvalue weighted by Crippen LogP contribution is -2.68. The molecule has 2 fully saturated rings. The molecule has 2 aromatic rings. The molecular formula is C25H28N2O3S. The Labute approximate surface area is 185 Å². The van der Waals surface area contributed by atoms with E-state index in [9.17, 15) is 9.32 Å². The molecule has 1 saturated carbocycles.